The van der Waals surface area contributed by atoms with E-state index in [4.69, 9.17) is 4.42 Å². The van der Waals surface area contributed by atoms with Crippen LogP contribution in [-0.2, 0) is 13.0 Å². The van der Waals surface area contributed by atoms with Crippen molar-refractivity contribution in [3.05, 3.63) is 22.6 Å². The smallest absolute Gasteiger partial charge is 0.198 e. The fraction of sp³-hybridized carbons (Fsp3) is 0.667. The molecule has 3 N–H and O–H groups in total. The molecule has 0 unspecified atom stereocenters. The fourth-order valence-corrected chi connectivity index (χ4v) is 2.67. The third-order valence-corrected chi connectivity index (χ3v) is 3.87. The van der Waals surface area contributed by atoms with Gasteiger partial charge in [-0.1, -0.05) is 13.8 Å². The minimum atomic E-state index is -1.27. The number of carbonyl (C=O) groups is 1. The lowest BCUT2D eigenvalue weighted by molar-refractivity contribution is -0.0848. The third-order valence-electron chi connectivity index (χ3n) is 3.87. The number of Topliss-reactive ketones (excluding diaryl/α,β-unsaturated/α-hetero) is 1. The number of carbonyl (C=O) groups excluding carboxylic acids is 1. The Kier molecular flexibility index (Phi) is 4.04. The van der Waals surface area contributed by atoms with Gasteiger partial charge in [0.15, 0.2) is 11.5 Å². The van der Waals surface area contributed by atoms with E-state index in [1.807, 2.05) is 13.8 Å². The SMILES string of the molecule is CC(C)CC(=O)c1oc2c(c1CO)CC[C@](C)(O)[C@@H]2O. The van der Waals surface area contributed by atoms with E-state index in [0.29, 0.717) is 30.4 Å². The molecule has 2 rings (SSSR count). The summed E-state index contributed by atoms with van der Waals surface area (Å²) in [6, 6.07) is 0. The van der Waals surface area contributed by atoms with Gasteiger partial charge in [-0.15, -0.1) is 0 Å². The quantitative estimate of drug-likeness (QED) is 0.732. The lowest BCUT2D eigenvalue weighted by Gasteiger charge is -2.32. The van der Waals surface area contributed by atoms with Crippen LogP contribution in [0.2, 0.25) is 0 Å². The van der Waals surface area contributed by atoms with E-state index < -0.39 is 11.7 Å². The second-order valence-electron chi connectivity index (χ2n) is 6.19. The van der Waals surface area contributed by atoms with Gasteiger partial charge >= 0.3 is 0 Å². The number of hydrogen-bond acceptors (Lipinski definition) is 5. The summed E-state index contributed by atoms with van der Waals surface area (Å²) in [6.45, 7) is 5.10. The molecular formula is C15H22O5. The fourth-order valence-electron chi connectivity index (χ4n) is 2.67. The van der Waals surface area contributed by atoms with Crippen molar-refractivity contribution in [3.8, 4) is 0 Å². The zero-order valence-corrected chi connectivity index (χ0v) is 12.1. The van der Waals surface area contributed by atoms with E-state index in [2.05, 4.69) is 0 Å². The van der Waals surface area contributed by atoms with Gasteiger partial charge in [0.05, 0.1) is 12.2 Å². The van der Waals surface area contributed by atoms with Crippen LogP contribution in [0.5, 0.6) is 0 Å². The highest BCUT2D eigenvalue weighted by Crippen LogP contribution is 2.41. The van der Waals surface area contributed by atoms with Crippen LogP contribution in [0.4, 0.5) is 0 Å². The lowest BCUT2D eigenvalue weighted by atomic mass is 9.82. The molecule has 0 amide bonds. The molecule has 0 saturated carbocycles. The average molecular weight is 282 g/mol. The van der Waals surface area contributed by atoms with Crippen LogP contribution in [-0.4, -0.2) is 26.7 Å². The predicted molar refractivity (Wildman–Crippen MR) is 72.3 cm³/mol. The molecule has 0 radical (unpaired) electrons. The number of fused-ring (bicyclic) bond motifs is 1. The van der Waals surface area contributed by atoms with Crippen molar-refractivity contribution in [3.63, 3.8) is 0 Å². The van der Waals surface area contributed by atoms with E-state index >= 15 is 0 Å². The Morgan fingerprint density at radius 3 is 2.70 bits per heavy atom. The molecule has 1 aromatic heterocycles. The van der Waals surface area contributed by atoms with Crippen molar-refractivity contribution in [2.24, 2.45) is 5.92 Å². The van der Waals surface area contributed by atoms with Gasteiger partial charge in [-0.05, 0) is 25.7 Å². The van der Waals surface area contributed by atoms with Crippen molar-refractivity contribution in [2.45, 2.75) is 58.3 Å². The third kappa shape index (κ3) is 2.53. The van der Waals surface area contributed by atoms with E-state index in [1.165, 1.54) is 6.92 Å². The molecule has 5 nitrogen and oxygen atoms in total. The van der Waals surface area contributed by atoms with Crippen molar-refractivity contribution >= 4 is 5.78 Å². The van der Waals surface area contributed by atoms with Crippen LogP contribution in [0.15, 0.2) is 4.42 Å². The van der Waals surface area contributed by atoms with Crippen molar-refractivity contribution in [1.29, 1.82) is 0 Å². The first-order chi connectivity index (χ1) is 9.27. The van der Waals surface area contributed by atoms with E-state index in [-0.39, 0.29) is 29.8 Å². The Morgan fingerprint density at radius 2 is 2.15 bits per heavy atom. The van der Waals surface area contributed by atoms with Gasteiger partial charge in [0.1, 0.15) is 11.9 Å². The van der Waals surface area contributed by atoms with Gasteiger partial charge < -0.3 is 19.7 Å². The average Bonchev–Trinajstić information content (AvgIpc) is 2.72. The summed E-state index contributed by atoms with van der Waals surface area (Å²) in [6.07, 6.45) is 0.00246. The molecule has 0 bridgehead atoms. The maximum Gasteiger partial charge on any atom is 0.198 e. The van der Waals surface area contributed by atoms with Crippen LogP contribution < -0.4 is 0 Å². The summed E-state index contributed by atoms with van der Waals surface area (Å²) < 4.78 is 5.52. The first kappa shape index (κ1) is 15.2. The summed E-state index contributed by atoms with van der Waals surface area (Å²) >= 11 is 0. The molecule has 1 aliphatic carbocycles. The highest BCUT2D eigenvalue weighted by atomic mass is 16.4. The van der Waals surface area contributed by atoms with Gasteiger partial charge in [-0.3, -0.25) is 4.79 Å². The highest BCUT2D eigenvalue weighted by Gasteiger charge is 2.42. The minimum absolute atomic E-state index is 0.128. The Bertz CT molecular complexity index is 513. The molecule has 0 fully saturated rings. The molecule has 20 heavy (non-hydrogen) atoms. The monoisotopic (exact) mass is 282 g/mol. The molecule has 2 atom stereocenters. The van der Waals surface area contributed by atoms with E-state index in [9.17, 15) is 20.1 Å². The van der Waals surface area contributed by atoms with Crippen LogP contribution in [0.1, 0.15) is 67.2 Å². The van der Waals surface area contributed by atoms with Crippen LogP contribution >= 0.6 is 0 Å². The first-order valence-corrected chi connectivity index (χ1v) is 6.96. The number of hydrogen-bond donors (Lipinski definition) is 3. The van der Waals surface area contributed by atoms with Gasteiger partial charge in [-0.2, -0.15) is 0 Å². The molecule has 0 spiro atoms. The summed E-state index contributed by atoms with van der Waals surface area (Å²) in [7, 11) is 0. The summed E-state index contributed by atoms with van der Waals surface area (Å²) in [5.74, 6) is 0.356. The van der Waals surface area contributed by atoms with Gasteiger partial charge in [0, 0.05) is 17.5 Å². The molecule has 112 valence electrons. The Hall–Kier alpha value is -1.17. The number of aliphatic hydroxyl groups is 3. The summed E-state index contributed by atoms with van der Waals surface area (Å²) in [5.41, 5.74) is -0.144. The van der Waals surface area contributed by atoms with Crippen molar-refractivity contribution in [1.82, 2.24) is 0 Å². The lowest BCUT2D eigenvalue weighted by Crippen LogP contribution is -2.36. The van der Waals surface area contributed by atoms with Crippen LogP contribution in [0, 0.1) is 5.92 Å². The maximum absolute atomic E-state index is 12.2. The van der Waals surface area contributed by atoms with E-state index in [1.54, 1.807) is 0 Å². The second kappa shape index (κ2) is 5.31. The molecule has 1 heterocycles. The standard InChI is InChI=1S/C15H22O5/c1-8(2)6-11(17)12-10(7-16)9-4-5-15(3,19)14(18)13(9)20-12/h8,14,16,18-19H,4-7H2,1-3H3/t14-,15+/m1/s1. The number of aliphatic hydroxyl groups excluding tert-OH is 2. The Morgan fingerprint density at radius 1 is 1.50 bits per heavy atom. The predicted octanol–water partition coefficient (Wildman–Crippen LogP) is 1.73. The first-order valence-electron chi connectivity index (χ1n) is 6.96. The minimum Gasteiger partial charge on any atom is -0.454 e. The largest absolute Gasteiger partial charge is 0.454 e. The van der Waals surface area contributed by atoms with Gasteiger partial charge in [0.25, 0.3) is 0 Å². The van der Waals surface area contributed by atoms with Gasteiger partial charge in [0.2, 0.25) is 0 Å². The zero-order valence-electron chi connectivity index (χ0n) is 12.1. The van der Waals surface area contributed by atoms with Crippen molar-refractivity contribution in [2.75, 3.05) is 0 Å². The maximum atomic E-state index is 12.2. The summed E-state index contributed by atoms with van der Waals surface area (Å²) in [5, 5.41) is 29.7. The molecule has 0 saturated heterocycles. The molecule has 0 aliphatic heterocycles. The Labute approximate surface area is 118 Å². The summed E-state index contributed by atoms with van der Waals surface area (Å²) in [4.78, 5) is 12.2. The zero-order chi connectivity index (χ0) is 15.1. The molecular weight excluding hydrogens is 260 g/mol. The molecule has 1 aromatic rings. The molecule has 5 heteroatoms. The van der Waals surface area contributed by atoms with Crippen molar-refractivity contribution < 1.29 is 24.5 Å². The van der Waals surface area contributed by atoms with Crippen LogP contribution in [0.3, 0.4) is 0 Å². The van der Waals surface area contributed by atoms with Gasteiger partial charge in [-0.25, -0.2) is 0 Å². The number of ketones is 1. The topological polar surface area (TPSA) is 90.9 Å². The molecule has 0 aromatic carbocycles. The molecule has 1 aliphatic rings. The Balaban J connectivity index is 2.44. The number of rotatable bonds is 4. The van der Waals surface area contributed by atoms with E-state index in [0.717, 1.165) is 0 Å². The second-order valence-corrected chi connectivity index (χ2v) is 6.19. The highest BCUT2D eigenvalue weighted by molar-refractivity contribution is 5.95. The normalized spacial score (nSPS) is 25.9. The number of furan rings is 1. The van der Waals surface area contributed by atoms with Crippen LogP contribution in [0.25, 0.3) is 0 Å².